The SMILES string of the molecule is CCC1C(=O)NC(C(C)C)C(=O)N1c1cccc(F)c1C. The van der Waals surface area contributed by atoms with Crippen LogP contribution >= 0.6 is 0 Å². The van der Waals surface area contributed by atoms with Crippen molar-refractivity contribution >= 4 is 17.5 Å². The molecular weight excluding hydrogens is 271 g/mol. The molecule has 4 nitrogen and oxygen atoms in total. The summed E-state index contributed by atoms with van der Waals surface area (Å²) in [6.45, 7) is 7.23. The highest BCUT2D eigenvalue weighted by Crippen LogP contribution is 2.29. The van der Waals surface area contributed by atoms with Crippen molar-refractivity contribution in [3.63, 3.8) is 0 Å². The van der Waals surface area contributed by atoms with Gasteiger partial charge in [-0.3, -0.25) is 14.5 Å². The van der Waals surface area contributed by atoms with Crippen molar-refractivity contribution in [1.29, 1.82) is 0 Å². The van der Waals surface area contributed by atoms with Crippen LogP contribution in [0.3, 0.4) is 0 Å². The second-order valence-corrected chi connectivity index (χ2v) is 5.75. The van der Waals surface area contributed by atoms with Gasteiger partial charge in [0.25, 0.3) is 5.91 Å². The van der Waals surface area contributed by atoms with Crippen molar-refractivity contribution in [1.82, 2.24) is 5.32 Å². The molecule has 1 N–H and O–H groups in total. The standard InChI is InChI=1S/C16H21FN2O2/c1-5-12-15(20)18-14(9(2)3)16(21)19(12)13-8-6-7-11(17)10(13)4/h6-9,12,14H,5H2,1-4H3,(H,18,20). The molecule has 1 aromatic rings. The van der Waals surface area contributed by atoms with E-state index in [2.05, 4.69) is 5.32 Å². The van der Waals surface area contributed by atoms with E-state index < -0.39 is 12.1 Å². The molecule has 0 bridgehead atoms. The highest BCUT2D eigenvalue weighted by atomic mass is 19.1. The molecule has 2 atom stereocenters. The lowest BCUT2D eigenvalue weighted by molar-refractivity contribution is -0.134. The Hall–Kier alpha value is -1.91. The second-order valence-electron chi connectivity index (χ2n) is 5.75. The van der Waals surface area contributed by atoms with Crippen LogP contribution in [-0.4, -0.2) is 23.9 Å². The molecule has 1 aliphatic heterocycles. The number of benzene rings is 1. The monoisotopic (exact) mass is 292 g/mol. The van der Waals surface area contributed by atoms with Crippen LogP contribution in [0.5, 0.6) is 0 Å². The molecule has 1 aromatic carbocycles. The Bertz CT molecular complexity index is 571. The Balaban J connectivity index is 2.52. The van der Waals surface area contributed by atoms with Crippen molar-refractivity contribution in [2.45, 2.75) is 46.2 Å². The third kappa shape index (κ3) is 2.64. The largest absolute Gasteiger partial charge is 0.342 e. The van der Waals surface area contributed by atoms with E-state index >= 15 is 0 Å². The highest BCUT2D eigenvalue weighted by Gasteiger charge is 2.42. The van der Waals surface area contributed by atoms with Crippen molar-refractivity contribution in [3.8, 4) is 0 Å². The van der Waals surface area contributed by atoms with Gasteiger partial charge in [0.15, 0.2) is 0 Å². The van der Waals surface area contributed by atoms with Gasteiger partial charge < -0.3 is 5.32 Å². The van der Waals surface area contributed by atoms with Gasteiger partial charge in [0.2, 0.25) is 5.91 Å². The molecule has 1 fully saturated rings. The number of piperazine rings is 1. The Morgan fingerprint density at radius 1 is 1.33 bits per heavy atom. The minimum Gasteiger partial charge on any atom is -0.342 e. The number of nitrogens with one attached hydrogen (secondary N) is 1. The zero-order valence-electron chi connectivity index (χ0n) is 12.8. The first-order valence-corrected chi connectivity index (χ1v) is 7.27. The zero-order valence-corrected chi connectivity index (χ0v) is 12.8. The van der Waals surface area contributed by atoms with Crippen molar-refractivity contribution in [2.75, 3.05) is 4.90 Å². The smallest absolute Gasteiger partial charge is 0.250 e. The number of halogens is 1. The van der Waals surface area contributed by atoms with Gasteiger partial charge in [0.05, 0.1) is 5.69 Å². The van der Waals surface area contributed by atoms with E-state index in [-0.39, 0.29) is 23.5 Å². The van der Waals surface area contributed by atoms with Gasteiger partial charge in [0, 0.05) is 5.56 Å². The minimum absolute atomic E-state index is 0.0179. The third-order valence-corrected chi connectivity index (χ3v) is 3.97. The molecule has 5 heteroatoms. The van der Waals surface area contributed by atoms with Gasteiger partial charge in [-0.2, -0.15) is 0 Å². The van der Waals surface area contributed by atoms with Crippen LogP contribution < -0.4 is 10.2 Å². The summed E-state index contributed by atoms with van der Waals surface area (Å²) in [5, 5.41) is 2.78. The fraction of sp³-hybridized carbons (Fsp3) is 0.500. The first-order valence-electron chi connectivity index (χ1n) is 7.27. The van der Waals surface area contributed by atoms with E-state index in [1.165, 1.54) is 11.0 Å². The number of carbonyl (C=O) groups excluding carboxylic acids is 2. The highest BCUT2D eigenvalue weighted by molar-refractivity contribution is 6.08. The summed E-state index contributed by atoms with van der Waals surface area (Å²) in [7, 11) is 0. The molecule has 1 aliphatic rings. The maximum absolute atomic E-state index is 13.8. The number of hydrogen-bond acceptors (Lipinski definition) is 2. The van der Waals surface area contributed by atoms with E-state index in [4.69, 9.17) is 0 Å². The topological polar surface area (TPSA) is 49.4 Å². The van der Waals surface area contributed by atoms with Crippen LogP contribution in [0, 0.1) is 18.7 Å². The molecule has 0 spiro atoms. The number of carbonyl (C=O) groups is 2. The first kappa shape index (κ1) is 15.5. The van der Waals surface area contributed by atoms with Gasteiger partial charge in [-0.25, -0.2) is 4.39 Å². The molecule has 0 aliphatic carbocycles. The van der Waals surface area contributed by atoms with Crippen LogP contribution in [0.2, 0.25) is 0 Å². The average Bonchev–Trinajstić information content (AvgIpc) is 2.43. The van der Waals surface area contributed by atoms with Gasteiger partial charge in [-0.15, -0.1) is 0 Å². The van der Waals surface area contributed by atoms with Crippen LogP contribution in [0.4, 0.5) is 10.1 Å². The second kappa shape index (κ2) is 5.84. The molecule has 114 valence electrons. The van der Waals surface area contributed by atoms with Crippen LogP contribution in [0.1, 0.15) is 32.8 Å². The third-order valence-electron chi connectivity index (χ3n) is 3.97. The quantitative estimate of drug-likeness (QED) is 0.930. The lowest BCUT2D eigenvalue weighted by atomic mass is 9.95. The summed E-state index contributed by atoms with van der Waals surface area (Å²) in [6.07, 6.45) is 0.484. The summed E-state index contributed by atoms with van der Waals surface area (Å²) >= 11 is 0. The number of hydrogen-bond donors (Lipinski definition) is 1. The molecule has 0 radical (unpaired) electrons. The lowest BCUT2D eigenvalue weighted by Gasteiger charge is -2.40. The van der Waals surface area contributed by atoms with Crippen LogP contribution in [0.15, 0.2) is 18.2 Å². The Kier molecular flexibility index (Phi) is 4.30. The van der Waals surface area contributed by atoms with E-state index in [0.29, 0.717) is 17.7 Å². The summed E-state index contributed by atoms with van der Waals surface area (Å²) in [6, 6.07) is 3.45. The summed E-state index contributed by atoms with van der Waals surface area (Å²) in [5.41, 5.74) is 0.869. The molecule has 0 aromatic heterocycles. The minimum atomic E-state index is -0.590. The normalized spacial score (nSPS) is 22.7. The number of nitrogens with zero attached hydrogens (tertiary/aromatic N) is 1. The lowest BCUT2D eigenvalue weighted by Crippen LogP contribution is -2.65. The molecule has 1 saturated heterocycles. The molecule has 21 heavy (non-hydrogen) atoms. The van der Waals surface area contributed by atoms with Crippen LogP contribution in [-0.2, 0) is 9.59 Å². The zero-order chi connectivity index (χ0) is 15.7. The van der Waals surface area contributed by atoms with Gasteiger partial charge in [-0.1, -0.05) is 26.8 Å². The van der Waals surface area contributed by atoms with Crippen molar-refractivity contribution in [2.24, 2.45) is 5.92 Å². The molecular formula is C16H21FN2O2. The summed E-state index contributed by atoms with van der Waals surface area (Å²) in [4.78, 5) is 26.5. The van der Waals surface area contributed by atoms with E-state index in [9.17, 15) is 14.0 Å². The van der Waals surface area contributed by atoms with Crippen molar-refractivity contribution in [3.05, 3.63) is 29.6 Å². The Morgan fingerprint density at radius 2 is 2.00 bits per heavy atom. The van der Waals surface area contributed by atoms with E-state index in [0.717, 1.165) is 0 Å². The predicted molar refractivity (Wildman–Crippen MR) is 79.5 cm³/mol. The fourth-order valence-corrected chi connectivity index (χ4v) is 2.70. The fourth-order valence-electron chi connectivity index (χ4n) is 2.70. The van der Waals surface area contributed by atoms with Gasteiger partial charge >= 0.3 is 0 Å². The van der Waals surface area contributed by atoms with Gasteiger partial charge in [-0.05, 0) is 31.4 Å². The Labute approximate surface area is 124 Å². The predicted octanol–water partition coefficient (Wildman–Crippen LogP) is 2.40. The molecule has 1 heterocycles. The number of amides is 2. The average molecular weight is 292 g/mol. The number of rotatable bonds is 3. The molecule has 2 unspecified atom stereocenters. The van der Waals surface area contributed by atoms with Gasteiger partial charge in [0.1, 0.15) is 17.9 Å². The molecule has 0 saturated carbocycles. The molecule has 2 rings (SSSR count). The maximum atomic E-state index is 13.8. The van der Waals surface area contributed by atoms with Crippen molar-refractivity contribution < 1.29 is 14.0 Å². The summed E-state index contributed by atoms with van der Waals surface area (Å²) in [5.74, 6) is -0.748. The number of anilines is 1. The Morgan fingerprint density at radius 3 is 2.57 bits per heavy atom. The summed E-state index contributed by atoms with van der Waals surface area (Å²) < 4.78 is 13.8. The maximum Gasteiger partial charge on any atom is 0.250 e. The van der Waals surface area contributed by atoms with E-state index in [1.54, 1.807) is 19.1 Å². The molecule has 2 amide bonds. The van der Waals surface area contributed by atoms with Crippen LogP contribution in [0.25, 0.3) is 0 Å². The first-order chi connectivity index (χ1) is 9.88. The van der Waals surface area contributed by atoms with E-state index in [1.807, 2.05) is 20.8 Å².